The van der Waals surface area contributed by atoms with Crippen LogP contribution in [-0.4, -0.2) is 29.1 Å². The molecule has 4 heterocycles. The van der Waals surface area contributed by atoms with Crippen molar-refractivity contribution in [2.75, 3.05) is 19.6 Å². The Bertz CT molecular complexity index is 568. The van der Waals surface area contributed by atoms with Gasteiger partial charge in [0.2, 0.25) is 5.89 Å². The van der Waals surface area contributed by atoms with E-state index in [9.17, 15) is 0 Å². The minimum atomic E-state index is 0.755. The molecule has 0 saturated carbocycles. The minimum Gasteiger partial charge on any atom is -0.444 e. The number of rotatable bonds is 3. The Balaban J connectivity index is 1.54. The van der Waals surface area contributed by atoms with Crippen molar-refractivity contribution in [2.24, 2.45) is 5.92 Å². The Morgan fingerprint density at radius 1 is 1.05 bits per heavy atom. The molecule has 1 aromatic heterocycles. The Kier molecular flexibility index (Phi) is 2.88. The van der Waals surface area contributed by atoms with Crippen molar-refractivity contribution in [3.05, 3.63) is 42.3 Å². The molecule has 3 heteroatoms. The van der Waals surface area contributed by atoms with Crippen LogP contribution in [0.4, 0.5) is 0 Å². The van der Waals surface area contributed by atoms with Gasteiger partial charge in [-0.15, -0.1) is 0 Å². The number of hydrogen-bond acceptors (Lipinski definition) is 2. The summed E-state index contributed by atoms with van der Waals surface area (Å²) in [7, 11) is 0. The summed E-state index contributed by atoms with van der Waals surface area (Å²) in [5.41, 5.74) is 2.18. The van der Waals surface area contributed by atoms with Crippen LogP contribution in [0.25, 0.3) is 11.5 Å². The van der Waals surface area contributed by atoms with Gasteiger partial charge in [0.25, 0.3) is 0 Å². The molecule has 0 amide bonds. The van der Waals surface area contributed by atoms with Gasteiger partial charge in [-0.05, 0) is 37.3 Å². The van der Waals surface area contributed by atoms with E-state index in [4.69, 9.17) is 9.40 Å². The van der Waals surface area contributed by atoms with Crippen molar-refractivity contribution >= 4 is 0 Å². The van der Waals surface area contributed by atoms with Crippen molar-refractivity contribution in [3.8, 4) is 11.5 Å². The van der Waals surface area contributed by atoms with E-state index < -0.39 is 0 Å². The van der Waals surface area contributed by atoms with Gasteiger partial charge in [-0.25, -0.2) is 4.98 Å². The SMILES string of the molecule is c1ccc(-c2nc(C[N+]34CCC(CC3)CC4)co2)cc1. The highest BCUT2D eigenvalue weighted by atomic mass is 16.3. The molecule has 1 aromatic carbocycles. The van der Waals surface area contributed by atoms with Gasteiger partial charge in [-0.3, -0.25) is 0 Å². The predicted molar refractivity (Wildman–Crippen MR) is 77.8 cm³/mol. The van der Waals surface area contributed by atoms with Crippen molar-refractivity contribution in [2.45, 2.75) is 25.8 Å². The molecule has 3 nitrogen and oxygen atoms in total. The first kappa shape index (κ1) is 12.2. The zero-order valence-corrected chi connectivity index (χ0v) is 11.8. The van der Waals surface area contributed by atoms with Gasteiger partial charge in [0.1, 0.15) is 18.5 Å². The van der Waals surface area contributed by atoms with Crippen LogP contribution in [0.2, 0.25) is 0 Å². The molecule has 3 fully saturated rings. The van der Waals surface area contributed by atoms with E-state index in [2.05, 4.69) is 12.1 Å². The van der Waals surface area contributed by atoms with E-state index in [-0.39, 0.29) is 0 Å². The van der Waals surface area contributed by atoms with Crippen molar-refractivity contribution in [1.29, 1.82) is 0 Å². The number of aromatic nitrogens is 1. The molecule has 0 spiro atoms. The zero-order valence-electron chi connectivity index (χ0n) is 11.8. The third kappa shape index (κ3) is 2.16. The molecule has 5 rings (SSSR count). The first-order valence-corrected chi connectivity index (χ1v) is 7.68. The summed E-state index contributed by atoms with van der Waals surface area (Å²) in [6, 6.07) is 10.2. The highest BCUT2D eigenvalue weighted by Crippen LogP contribution is 2.35. The number of benzene rings is 1. The number of oxazole rings is 1. The van der Waals surface area contributed by atoms with Crippen LogP contribution in [0.1, 0.15) is 25.0 Å². The molecule has 2 aromatic rings. The van der Waals surface area contributed by atoms with Gasteiger partial charge in [0.15, 0.2) is 0 Å². The Morgan fingerprint density at radius 3 is 2.45 bits per heavy atom. The summed E-state index contributed by atoms with van der Waals surface area (Å²) in [5, 5.41) is 0. The van der Waals surface area contributed by atoms with Crippen LogP contribution < -0.4 is 0 Å². The number of piperidine rings is 3. The first-order chi connectivity index (χ1) is 9.83. The summed E-state index contributed by atoms with van der Waals surface area (Å²) >= 11 is 0. The summed E-state index contributed by atoms with van der Waals surface area (Å²) in [5.74, 6) is 1.76. The Morgan fingerprint density at radius 2 is 1.75 bits per heavy atom. The molecule has 0 unspecified atom stereocenters. The second-order valence-electron chi connectivity index (χ2n) is 6.41. The van der Waals surface area contributed by atoms with Crippen LogP contribution >= 0.6 is 0 Å². The topological polar surface area (TPSA) is 26.0 Å². The lowest BCUT2D eigenvalue weighted by Crippen LogP contribution is -2.57. The van der Waals surface area contributed by atoms with E-state index in [0.717, 1.165) is 29.6 Å². The van der Waals surface area contributed by atoms with Crippen LogP contribution in [0.5, 0.6) is 0 Å². The van der Waals surface area contributed by atoms with Crippen LogP contribution in [0.15, 0.2) is 41.0 Å². The summed E-state index contributed by atoms with van der Waals surface area (Å²) in [4.78, 5) is 4.70. The van der Waals surface area contributed by atoms with Gasteiger partial charge in [-0.2, -0.15) is 0 Å². The predicted octanol–water partition coefficient (Wildman–Crippen LogP) is 3.47. The molecule has 3 saturated heterocycles. The van der Waals surface area contributed by atoms with Crippen LogP contribution in [-0.2, 0) is 6.54 Å². The van der Waals surface area contributed by atoms with E-state index >= 15 is 0 Å². The summed E-state index contributed by atoms with van der Waals surface area (Å²) in [6.45, 7) is 5.04. The lowest BCUT2D eigenvalue weighted by Gasteiger charge is -2.48. The maximum atomic E-state index is 5.67. The van der Waals surface area contributed by atoms with E-state index in [1.807, 2.05) is 24.5 Å². The molecule has 3 aliphatic rings. The third-order valence-electron chi connectivity index (χ3n) is 5.10. The minimum absolute atomic E-state index is 0.755. The average molecular weight is 269 g/mol. The lowest BCUT2D eigenvalue weighted by molar-refractivity contribution is -0.955. The Labute approximate surface area is 119 Å². The van der Waals surface area contributed by atoms with Gasteiger partial charge >= 0.3 is 0 Å². The fraction of sp³-hybridized carbons (Fsp3) is 0.471. The Hall–Kier alpha value is -1.61. The lowest BCUT2D eigenvalue weighted by atomic mass is 9.85. The normalized spacial score (nSPS) is 28.7. The maximum Gasteiger partial charge on any atom is 0.226 e. The van der Waals surface area contributed by atoms with E-state index in [0.29, 0.717) is 0 Å². The van der Waals surface area contributed by atoms with Gasteiger partial charge < -0.3 is 8.90 Å². The van der Waals surface area contributed by atoms with E-state index in [1.54, 1.807) is 0 Å². The standard InChI is InChI=1S/C17H21N2O/c1-2-4-15(5-3-1)17-18-16(13-20-17)12-19-9-6-14(7-10-19)8-11-19/h1-5,13-14H,6-12H2/q+1. The smallest absolute Gasteiger partial charge is 0.226 e. The number of fused-ring (bicyclic) bond motifs is 3. The number of hydrogen-bond donors (Lipinski definition) is 0. The van der Waals surface area contributed by atoms with Crippen LogP contribution in [0, 0.1) is 5.92 Å². The van der Waals surface area contributed by atoms with Gasteiger partial charge in [-0.1, -0.05) is 18.2 Å². The molecule has 104 valence electrons. The fourth-order valence-corrected chi connectivity index (χ4v) is 3.81. The molecule has 0 radical (unpaired) electrons. The highest BCUT2D eigenvalue weighted by molar-refractivity contribution is 5.52. The molecule has 2 bridgehead atoms. The second kappa shape index (κ2) is 4.74. The molecule has 0 aliphatic carbocycles. The highest BCUT2D eigenvalue weighted by Gasteiger charge is 2.40. The van der Waals surface area contributed by atoms with Crippen LogP contribution in [0.3, 0.4) is 0 Å². The quantitative estimate of drug-likeness (QED) is 0.797. The first-order valence-electron chi connectivity index (χ1n) is 7.68. The molecule has 0 atom stereocenters. The largest absolute Gasteiger partial charge is 0.444 e. The van der Waals surface area contributed by atoms with Crippen molar-refractivity contribution in [1.82, 2.24) is 4.98 Å². The van der Waals surface area contributed by atoms with Gasteiger partial charge in [0, 0.05) is 5.56 Å². The number of quaternary nitrogens is 1. The second-order valence-corrected chi connectivity index (χ2v) is 6.41. The fourth-order valence-electron chi connectivity index (χ4n) is 3.81. The molecular weight excluding hydrogens is 248 g/mol. The van der Waals surface area contributed by atoms with Gasteiger partial charge in [0.05, 0.1) is 19.6 Å². The molecule has 20 heavy (non-hydrogen) atoms. The molecule has 0 N–H and O–H groups in total. The van der Waals surface area contributed by atoms with E-state index in [1.165, 1.54) is 43.4 Å². The third-order valence-corrected chi connectivity index (χ3v) is 5.10. The number of nitrogens with zero attached hydrogens (tertiary/aromatic N) is 2. The summed E-state index contributed by atoms with van der Waals surface area (Å²) < 4.78 is 6.91. The van der Waals surface area contributed by atoms with Crippen molar-refractivity contribution in [3.63, 3.8) is 0 Å². The summed E-state index contributed by atoms with van der Waals surface area (Å²) in [6.07, 6.45) is 6.08. The zero-order chi connectivity index (χ0) is 13.4. The maximum absolute atomic E-state index is 5.67. The molecule has 3 aliphatic heterocycles. The monoisotopic (exact) mass is 269 g/mol. The van der Waals surface area contributed by atoms with Crippen molar-refractivity contribution < 1.29 is 8.90 Å². The molecular formula is C17H21N2O+. The average Bonchev–Trinajstić information content (AvgIpc) is 2.98.